The topological polar surface area (TPSA) is 76.0 Å². The van der Waals surface area contributed by atoms with Gasteiger partial charge in [0.2, 0.25) is 10.0 Å². The number of hydrogen-bond donors (Lipinski definition) is 2. The number of hydrogen-bond acceptors (Lipinski definition) is 4. The zero-order valence-electron chi connectivity index (χ0n) is 12.5. The first-order chi connectivity index (χ1) is 8.52. The number of aromatic nitrogens is 2. The molecule has 6 nitrogen and oxygen atoms in total. The summed E-state index contributed by atoms with van der Waals surface area (Å²) in [4.78, 5) is 0. The maximum Gasteiger partial charge on any atom is 0.209 e. The zero-order valence-corrected chi connectivity index (χ0v) is 13.3. The first-order valence-corrected chi connectivity index (χ1v) is 8.10. The molecular formula is C12H24N4O2S. The van der Waals surface area contributed by atoms with Crippen molar-refractivity contribution in [3.05, 3.63) is 17.0 Å². The van der Waals surface area contributed by atoms with E-state index >= 15 is 0 Å². The Bertz CT molecular complexity index is 546. The molecule has 0 bridgehead atoms. The summed E-state index contributed by atoms with van der Waals surface area (Å²) in [5.74, 6) is 0. The third kappa shape index (κ3) is 4.93. The van der Waals surface area contributed by atoms with Gasteiger partial charge in [0, 0.05) is 36.9 Å². The second-order valence-corrected chi connectivity index (χ2v) is 7.38. The van der Waals surface area contributed by atoms with Crippen molar-refractivity contribution in [2.45, 2.75) is 39.8 Å². The van der Waals surface area contributed by atoms with E-state index in [1.807, 2.05) is 39.4 Å². The Morgan fingerprint density at radius 1 is 1.32 bits per heavy atom. The molecule has 0 amide bonds. The minimum atomic E-state index is -3.20. The molecule has 0 aliphatic rings. The van der Waals surface area contributed by atoms with Gasteiger partial charge in [-0.15, -0.1) is 0 Å². The molecule has 7 heteroatoms. The Balaban J connectivity index is 2.59. The van der Waals surface area contributed by atoms with E-state index < -0.39 is 15.6 Å². The van der Waals surface area contributed by atoms with Crippen molar-refractivity contribution in [2.75, 3.05) is 12.8 Å². The van der Waals surface area contributed by atoms with Crippen LogP contribution in [0.3, 0.4) is 0 Å². The minimum Gasteiger partial charge on any atom is -0.311 e. The fourth-order valence-corrected chi connectivity index (χ4v) is 3.19. The van der Waals surface area contributed by atoms with Crippen molar-refractivity contribution in [1.29, 1.82) is 0 Å². The summed E-state index contributed by atoms with van der Waals surface area (Å²) < 4.78 is 26.9. The number of rotatable bonds is 6. The predicted molar refractivity (Wildman–Crippen MR) is 76.4 cm³/mol. The van der Waals surface area contributed by atoms with E-state index in [9.17, 15) is 8.42 Å². The van der Waals surface area contributed by atoms with Crippen LogP contribution in [-0.4, -0.2) is 36.5 Å². The monoisotopic (exact) mass is 288 g/mol. The van der Waals surface area contributed by atoms with E-state index in [4.69, 9.17) is 0 Å². The van der Waals surface area contributed by atoms with Gasteiger partial charge in [-0.1, -0.05) is 0 Å². The van der Waals surface area contributed by atoms with E-state index in [1.165, 1.54) is 6.26 Å². The van der Waals surface area contributed by atoms with Gasteiger partial charge in [0.05, 0.1) is 11.9 Å². The number of nitrogens with zero attached hydrogens (tertiary/aromatic N) is 2. The van der Waals surface area contributed by atoms with Crippen LogP contribution in [0.4, 0.5) is 0 Å². The fourth-order valence-electron chi connectivity index (χ4n) is 2.11. The molecular weight excluding hydrogens is 264 g/mol. The van der Waals surface area contributed by atoms with Gasteiger partial charge in [-0.2, -0.15) is 5.10 Å². The van der Waals surface area contributed by atoms with Crippen LogP contribution < -0.4 is 10.0 Å². The summed E-state index contributed by atoms with van der Waals surface area (Å²) in [5.41, 5.74) is 2.77. The molecule has 1 heterocycles. The molecule has 1 aromatic heterocycles. The van der Waals surface area contributed by atoms with Crippen LogP contribution in [-0.2, 0) is 23.6 Å². The standard InChI is InChI=1S/C12H24N4O2S/c1-9-11(10(2)16(5)14-9)7-13-8-12(3,4)15-19(6,17)18/h13,15H,7-8H2,1-6H3. The Kier molecular flexibility index (Phi) is 4.76. The average molecular weight is 288 g/mol. The molecule has 1 rings (SSSR count). The van der Waals surface area contributed by atoms with Gasteiger partial charge in [0.25, 0.3) is 0 Å². The van der Waals surface area contributed by atoms with Crippen molar-refractivity contribution < 1.29 is 8.42 Å². The Morgan fingerprint density at radius 2 is 1.89 bits per heavy atom. The largest absolute Gasteiger partial charge is 0.311 e. The maximum absolute atomic E-state index is 11.2. The molecule has 0 aliphatic heterocycles. The van der Waals surface area contributed by atoms with Crippen molar-refractivity contribution in [3.8, 4) is 0 Å². The highest BCUT2D eigenvalue weighted by atomic mass is 32.2. The molecule has 0 radical (unpaired) electrons. The van der Waals surface area contributed by atoms with E-state index in [2.05, 4.69) is 15.1 Å². The summed E-state index contributed by atoms with van der Waals surface area (Å²) in [6, 6.07) is 0. The maximum atomic E-state index is 11.2. The smallest absolute Gasteiger partial charge is 0.209 e. The average Bonchev–Trinajstić information content (AvgIpc) is 2.40. The molecule has 19 heavy (non-hydrogen) atoms. The Labute approximate surface area is 115 Å². The molecule has 0 spiro atoms. The van der Waals surface area contributed by atoms with Gasteiger partial charge in [-0.05, 0) is 27.7 Å². The number of sulfonamides is 1. The van der Waals surface area contributed by atoms with Crippen molar-refractivity contribution >= 4 is 10.0 Å². The van der Waals surface area contributed by atoms with Crippen molar-refractivity contribution in [2.24, 2.45) is 7.05 Å². The molecule has 2 N–H and O–H groups in total. The van der Waals surface area contributed by atoms with Gasteiger partial charge in [-0.25, -0.2) is 13.1 Å². The van der Waals surface area contributed by atoms with Crippen LogP contribution in [0.15, 0.2) is 0 Å². The second kappa shape index (κ2) is 5.60. The summed E-state index contributed by atoms with van der Waals surface area (Å²) in [7, 11) is -1.28. The molecule has 0 aromatic carbocycles. The quantitative estimate of drug-likeness (QED) is 0.797. The lowest BCUT2D eigenvalue weighted by Crippen LogP contribution is -2.49. The molecule has 0 fully saturated rings. The molecule has 0 saturated carbocycles. The lowest BCUT2D eigenvalue weighted by atomic mass is 10.1. The molecule has 0 unspecified atom stereocenters. The van der Waals surface area contributed by atoms with Gasteiger partial charge in [0.1, 0.15) is 0 Å². The first kappa shape index (κ1) is 16.1. The summed E-state index contributed by atoms with van der Waals surface area (Å²) >= 11 is 0. The summed E-state index contributed by atoms with van der Waals surface area (Å²) in [5, 5.41) is 7.63. The predicted octanol–water partition coefficient (Wildman–Crippen LogP) is 0.454. The van der Waals surface area contributed by atoms with E-state index in [0.29, 0.717) is 13.1 Å². The van der Waals surface area contributed by atoms with Gasteiger partial charge in [0.15, 0.2) is 0 Å². The highest BCUT2D eigenvalue weighted by Crippen LogP contribution is 2.11. The Morgan fingerprint density at radius 3 is 2.32 bits per heavy atom. The van der Waals surface area contributed by atoms with Crippen LogP contribution in [0.25, 0.3) is 0 Å². The molecule has 0 saturated heterocycles. The van der Waals surface area contributed by atoms with Crippen molar-refractivity contribution in [1.82, 2.24) is 19.8 Å². The van der Waals surface area contributed by atoms with Crippen LogP contribution in [0.1, 0.15) is 30.8 Å². The van der Waals surface area contributed by atoms with Crippen LogP contribution in [0, 0.1) is 13.8 Å². The second-order valence-electron chi connectivity index (χ2n) is 5.63. The molecule has 0 aliphatic carbocycles. The number of nitrogens with one attached hydrogen (secondary N) is 2. The van der Waals surface area contributed by atoms with Crippen LogP contribution in [0.5, 0.6) is 0 Å². The SMILES string of the molecule is Cc1nn(C)c(C)c1CNCC(C)(C)NS(C)(=O)=O. The lowest BCUT2D eigenvalue weighted by molar-refractivity contribution is 0.420. The van der Waals surface area contributed by atoms with E-state index in [1.54, 1.807) is 0 Å². The summed E-state index contributed by atoms with van der Waals surface area (Å²) in [6.45, 7) is 8.93. The summed E-state index contributed by atoms with van der Waals surface area (Å²) in [6.07, 6.45) is 1.17. The van der Waals surface area contributed by atoms with Crippen LogP contribution in [0.2, 0.25) is 0 Å². The zero-order chi connectivity index (χ0) is 14.8. The molecule has 110 valence electrons. The number of aryl methyl sites for hydroxylation is 2. The first-order valence-electron chi connectivity index (χ1n) is 6.20. The Hall–Kier alpha value is -0.920. The minimum absolute atomic E-state index is 0.516. The van der Waals surface area contributed by atoms with E-state index in [-0.39, 0.29) is 0 Å². The third-order valence-corrected chi connectivity index (χ3v) is 3.91. The third-order valence-electron chi connectivity index (χ3n) is 2.99. The van der Waals surface area contributed by atoms with E-state index in [0.717, 1.165) is 17.0 Å². The lowest BCUT2D eigenvalue weighted by Gasteiger charge is -2.25. The van der Waals surface area contributed by atoms with Gasteiger partial charge >= 0.3 is 0 Å². The molecule has 1 aromatic rings. The van der Waals surface area contributed by atoms with Gasteiger partial charge in [-0.3, -0.25) is 4.68 Å². The van der Waals surface area contributed by atoms with Crippen molar-refractivity contribution in [3.63, 3.8) is 0 Å². The fraction of sp³-hybridized carbons (Fsp3) is 0.750. The van der Waals surface area contributed by atoms with Crippen LogP contribution >= 0.6 is 0 Å². The normalized spacial score (nSPS) is 12.9. The highest BCUT2D eigenvalue weighted by Gasteiger charge is 2.21. The highest BCUT2D eigenvalue weighted by molar-refractivity contribution is 7.88. The molecule has 0 atom stereocenters. The van der Waals surface area contributed by atoms with Gasteiger partial charge < -0.3 is 5.32 Å².